The molecule has 0 saturated heterocycles. The molecule has 0 saturated carbocycles. The summed E-state index contributed by atoms with van der Waals surface area (Å²) >= 11 is 0. The van der Waals surface area contributed by atoms with Crippen molar-refractivity contribution in [2.24, 2.45) is 5.73 Å². The fourth-order valence-electron chi connectivity index (χ4n) is 2.61. The normalized spacial score (nSPS) is 19.3. The molecule has 2 unspecified atom stereocenters. The lowest BCUT2D eigenvalue weighted by molar-refractivity contribution is -0.120. The average Bonchev–Trinajstić information content (AvgIpc) is 2.39. The third-order valence-electron chi connectivity index (χ3n) is 3.73. The Balaban J connectivity index is 0.00000180. The van der Waals surface area contributed by atoms with Crippen LogP contribution in [0.1, 0.15) is 44.6 Å². The predicted octanol–water partition coefficient (Wildman–Crippen LogP) is 3.08. The van der Waals surface area contributed by atoms with Gasteiger partial charge in [0.25, 0.3) is 0 Å². The highest BCUT2D eigenvalue weighted by molar-refractivity contribution is 5.98. The lowest BCUT2D eigenvalue weighted by Gasteiger charge is -2.34. The highest BCUT2D eigenvalue weighted by Crippen LogP contribution is 2.34. The van der Waals surface area contributed by atoms with E-state index in [9.17, 15) is 4.79 Å². The molecule has 19 heavy (non-hydrogen) atoms. The number of benzene rings is 1. The number of halogens is 1. The Hall–Kier alpha value is -1.06. The first-order valence-electron chi connectivity index (χ1n) is 6.81. The van der Waals surface area contributed by atoms with E-state index < -0.39 is 0 Å². The van der Waals surface area contributed by atoms with Crippen molar-refractivity contribution in [2.45, 2.75) is 45.1 Å². The van der Waals surface area contributed by atoms with Crippen LogP contribution in [0.5, 0.6) is 0 Å². The van der Waals surface area contributed by atoms with Crippen LogP contribution in [0.3, 0.4) is 0 Å². The highest BCUT2D eigenvalue weighted by atomic mass is 35.5. The van der Waals surface area contributed by atoms with Gasteiger partial charge in [-0.2, -0.15) is 0 Å². The molecule has 1 aromatic rings. The molecule has 1 aliphatic heterocycles. The van der Waals surface area contributed by atoms with Gasteiger partial charge in [0.05, 0.1) is 6.04 Å². The third-order valence-corrected chi connectivity index (χ3v) is 3.73. The molecule has 0 aliphatic carbocycles. The Kier molecular flexibility index (Phi) is 5.83. The van der Waals surface area contributed by atoms with E-state index >= 15 is 0 Å². The topological polar surface area (TPSA) is 46.3 Å². The largest absolute Gasteiger partial charge is 0.320 e. The van der Waals surface area contributed by atoms with Crippen LogP contribution in [0.2, 0.25) is 0 Å². The first-order chi connectivity index (χ1) is 8.65. The molecule has 4 heteroatoms. The molecule has 0 bridgehead atoms. The molecule has 2 rings (SSSR count). The van der Waals surface area contributed by atoms with Crippen LogP contribution in [-0.4, -0.2) is 18.5 Å². The maximum absolute atomic E-state index is 12.4. The summed E-state index contributed by atoms with van der Waals surface area (Å²) in [7, 11) is 0. The number of amides is 1. The summed E-state index contributed by atoms with van der Waals surface area (Å²) < 4.78 is 0. The minimum absolute atomic E-state index is 0. The summed E-state index contributed by atoms with van der Waals surface area (Å²) in [6, 6.07) is 7.81. The predicted molar refractivity (Wildman–Crippen MR) is 82.0 cm³/mol. The van der Waals surface area contributed by atoms with Crippen LogP contribution in [-0.2, 0) is 4.79 Å². The van der Waals surface area contributed by atoms with Crippen LogP contribution in [0.25, 0.3) is 0 Å². The van der Waals surface area contributed by atoms with Crippen molar-refractivity contribution in [3.63, 3.8) is 0 Å². The molecule has 1 heterocycles. The zero-order chi connectivity index (χ0) is 13.1. The van der Waals surface area contributed by atoms with Crippen molar-refractivity contribution < 1.29 is 4.79 Å². The van der Waals surface area contributed by atoms with Gasteiger partial charge in [-0.25, -0.2) is 0 Å². The molecule has 2 N–H and O–H groups in total. The van der Waals surface area contributed by atoms with Gasteiger partial charge in [0.2, 0.25) is 5.91 Å². The summed E-state index contributed by atoms with van der Waals surface area (Å²) in [5.74, 6) is 0.587. The van der Waals surface area contributed by atoms with Crippen LogP contribution in [0.15, 0.2) is 24.3 Å². The van der Waals surface area contributed by atoms with E-state index in [2.05, 4.69) is 19.9 Å². The van der Waals surface area contributed by atoms with E-state index in [1.807, 2.05) is 23.1 Å². The second-order valence-corrected chi connectivity index (χ2v) is 5.13. The molecule has 2 atom stereocenters. The van der Waals surface area contributed by atoms with Gasteiger partial charge in [0.1, 0.15) is 0 Å². The monoisotopic (exact) mass is 282 g/mol. The fourth-order valence-corrected chi connectivity index (χ4v) is 2.61. The Morgan fingerprint density at radius 1 is 1.47 bits per heavy atom. The molecule has 0 radical (unpaired) electrons. The summed E-state index contributed by atoms with van der Waals surface area (Å²) in [6.07, 6.45) is 2.72. The van der Waals surface area contributed by atoms with E-state index in [4.69, 9.17) is 5.73 Å². The molecule has 0 fully saturated rings. The molecule has 1 amide bonds. The molecular weight excluding hydrogens is 260 g/mol. The van der Waals surface area contributed by atoms with Crippen molar-refractivity contribution in [2.75, 3.05) is 11.4 Å². The number of rotatable bonds is 3. The lowest BCUT2D eigenvalue weighted by Crippen LogP contribution is -2.46. The minimum atomic E-state index is -0.364. The smallest absolute Gasteiger partial charge is 0.243 e. The van der Waals surface area contributed by atoms with Gasteiger partial charge in [0.15, 0.2) is 0 Å². The van der Waals surface area contributed by atoms with Gasteiger partial charge in [-0.05, 0) is 30.4 Å². The minimum Gasteiger partial charge on any atom is -0.320 e. The zero-order valence-corrected chi connectivity index (χ0v) is 12.5. The second kappa shape index (κ2) is 6.92. The Morgan fingerprint density at radius 2 is 2.16 bits per heavy atom. The van der Waals surface area contributed by atoms with Crippen LogP contribution in [0.4, 0.5) is 5.69 Å². The SMILES string of the molecule is CCCC(N)C(=O)N1CCC(C)c2ccccc21.Cl. The van der Waals surface area contributed by atoms with Crippen LogP contribution >= 0.6 is 12.4 Å². The number of para-hydroxylation sites is 1. The maximum Gasteiger partial charge on any atom is 0.243 e. The van der Waals surface area contributed by atoms with Crippen molar-refractivity contribution in [1.82, 2.24) is 0 Å². The lowest BCUT2D eigenvalue weighted by atomic mass is 9.91. The number of hydrogen-bond acceptors (Lipinski definition) is 2. The molecule has 1 aromatic carbocycles. The number of nitrogens with two attached hydrogens (primary N) is 1. The number of carbonyl (C=O) groups excluding carboxylic acids is 1. The zero-order valence-electron chi connectivity index (χ0n) is 11.6. The maximum atomic E-state index is 12.4. The third kappa shape index (κ3) is 3.28. The van der Waals surface area contributed by atoms with Gasteiger partial charge < -0.3 is 10.6 Å². The number of fused-ring (bicyclic) bond motifs is 1. The van der Waals surface area contributed by atoms with E-state index in [-0.39, 0.29) is 24.4 Å². The molecule has 0 spiro atoms. The summed E-state index contributed by atoms with van der Waals surface area (Å²) in [4.78, 5) is 14.2. The summed E-state index contributed by atoms with van der Waals surface area (Å²) in [6.45, 7) is 5.06. The van der Waals surface area contributed by atoms with Crippen molar-refractivity contribution in [3.8, 4) is 0 Å². The number of anilines is 1. The molecular formula is C15H23ClN2O. The van der Waals surface area contributed by atoms with Gasteiger partial charge in [-0.1, -0.05) is 38.5 Å². The first-order valence-corrected chi connectivity index (χ1v) is 6.81. The van der Waals surface area contributed by atoms with Crippen LogP contribution in [0, 0.1) is 0 Å². The molecule has 3 nitrogen and oxygen atoms in total. The van der Waals surface area contributed by atoms with Gasteiger partial charge in [-0.3, -0.25) is 4.79 Å². The van der Waals surface area contributed by atoms with Crippen LogP contribution < -0.4 is 10.6 Å². The molecule has 106 valence electrons. The van der Waals surface area contributed by atoms with E-state index in [1.54, 1.807) is 0 Å². The number of hydrogen-bond donors (Lipinski definition) is 1. The Morgan fingerprint density at radius 3 is 2.84 bits per heavy atom. The first kappa shape index (κ1) is 16.0. The summed E-state index contributed by atoms with van der Waals surface area (Å²) in [5, 5.41) is 0. The number of nitrogens with zero attached hydrogens (tertiary/aromatic N) is 1. The highest BCUT2D eigenvalue weighted by Gasteiger charge is 2.28. The quantitative estimate of drug-likeness (QED) is 0.926. The Bertz CT molecular complexity index is 436. The van der Waals surface area contributed by atoms with Gasteiger partial charge in [-0.15, -0.1) is 12.4 Å². The molecule has 1 aliphatic rings. The average molecular weight is 283 g/mol. The molecule has 0 aromatic heterocycles. The standard InChI is InChI=1S/C15H22N2O.ClH/c1-3-6-13(16)15(18)17-10-9-11(2)12-7-4-5-8-14(12)17;/h4-5,7-8,11,13H,3,6,9-10,16H2,1-2H3;1H. The van der Waals surface area contributed by atoms with E-state index in [0.29, 0.717) is 5.92 Å². The van der Waals surface area contributed by atoms with Gasteiger partial charge in [0, 0.05) is 12.2 Å². The van der Waals surface area contributed by atoms with Crippen molar-refractivity contribution in [3.05, 3.63) is 29.8 Å². The fraction of sp³-hybridized carbons (Fsp3) is 0.533. The van der Waals surface area contributed by atoms with Crippen molar-refractivity contribution in [1.29, 1.82) is 0 Å². The van der Waals surface area contributed by atoms with E-state index in [0.717, 1.165) is 31.5 Å². The van der Waals surface area contributed by atoms with Crippen molar-refractivity contribution >= 4 is 24.0 Å². The Labute approximate surface area is 121 Å². The number of carbonyl (C=O) groups is 1. The second-order valence-electron chi connectivity index (χ2n) is 5.13. The van der Waals surface area contributed by atoms with E-state index in [1.165, 1.54) is 5.56 Å². The summed E-state index contributed by atoms with van der Waals surface area (Å²) in [5.41, 5.74) is 8.27. The van der Waals surface area contributed by atoms with Gasteiger partial charge >= 0.3 is 0 Å².